The number of aromatic nitrogens is 2. The predicted octanol–water partition coefficient (Wildman–Crippen LogP) is 6.51. The number of nitrogens with zero attached hydrogens (tertiary/aromatic N) is 2. The second kappa shape index (κ2) is 9.66. The Kier molecular flexibility index (Phi) is 6.43. The molecule has 1 aliphatic carbocycles. The number of imidazole rings is 1. The van der Waals surface area contributed by atoms with Crippen molar-refractivity contribution in [3.63, 3.8) is 0 Å². The minimum atomic E-state index is -1.02. The summed E-state index contributed by atoms with van der Waals surface area (Å²) in [6.45, 7) is 0.808. The van der Waals surface area contributed by atoms with E-state index >= 15 is 0 Å². The molecule has 180 valence electrons. The van der Waals surface area contributed by atoms with E-state index in [0.29, 0.717) is 40.7 Å². The molecule has 5 rings (SSSR count). The molecular formula is C27H23ClF2N2O3. The highest BCUT2D eigenvalue weighted by Crippen LogP contribution is 2.35. The van der Waals surface area contributed by atoms with E-state index in [1.165, 1.54) is 12.1 Å². The Morgan fingerprint density at radius 2 is 1.83 bits per heavy atom. The third-order valence-corrected chi connectivity index (χ3v) is 6.81. The number of halogens is 3. The van der Waals surface area contributed by atoms with Crippen molar-refractivity contribution in [3.8, 4) is 17.1 Å². The standard InChI is InChI=1S/C27H23ClF2N2O3/c28-19-10-7-17(11-19)15-35-25-4-2-1-3-20(25)26-31-23-12-21(29)22(30)13-24(23)32(26)14-16-5-8-18(9-6-16)27(33)34/h1-6,8-9,12-13,17,19H,7,10-11,14-15H2,(H,33,34). The van der Waals surface area contributed by atoms with Gasteiger partial charge in [-0.25, -0.2) is 18.6 Å². The highest BCUT2D eigenvalue weighted by atomic mass is 35.5. The zero-order valence-corrected chi connectivity index (χ0v) is 19.5. The summed E-state index contributed by atoms with van der Waals surface area (Å²) in [4.78, 5) is 15.9. The van der Waals surface area contributed by atoms with Crippen LogP contribution in [-0.2, 0) is 6.54 Å². The minimum Gasteiger partial charge on any atom is -0.493 e. The van der Waals surface area contributed by atoms with Gasteiger partial charge in [0.2, 0.25) is 0 Å². The van der Waals surface area contributed by atoms with Gasteiger partial charge in [-0.15, -0.1) is 11.6 Å². The van der Waals surface area contributed by atoms with Crippen molar-refractivity contribution in [1.82, 2.24) is 9.55 Å². The van der Waals surface area contributed by atoms with E-state index in [1.54, 1.807) is 16.7 Å². The van der Waals surface area contributed by atoms with Crippen molar-refractivity contribution in [2.45, 2.75) is 31.2 Å². The van der Waals surface area contributed by atoms with Crippen molar-refractivity contribution in [2.75, 3.05) is 6.61 Å². The Morgan fingerprint density at radius 3 is 2.54 bits per heavy atom. The number of benzene rings is 3. The molecule has 1 saturated carbocycles. The quantitative estimate of drug-likeness (QED) is 0.296. The molecule has 2 unspecified atom stereocenters. The van der Waals surface area contributed by atoms with Crippen LogP contribution in [0.1, 0.15) is 35.2 Å². The van der Waals surface area contributed by atoms with E-state index < -0.39 is 17.6 Å². The molecule has 0 aliphatic heterocycles. The number of para-hydroxylation sites is 1. The predicted molar refractivity (Wildman–Crippen MR) is 130 cm³/mol. The van der Waals surface area contributed by atoms with Crippen LogP contribution in [0.3, 0.4) is 0 Å². The average Bonchev–Trinajstić information content (AvgIpc) is 3.41. The summed E-state index contributed by atoms with van der Waals surface area (Å²) < 4.78 is 36.2. The van der Waals surface area contributed by atoms with Gasteiger partial charge >= 0.3 is 5.97 Å². The summed E-state index contributed by atoms with van der Waals surface area (Å²) in [6, 6.07) is 16.1. The second-order valence-electron chi connectivity index (χ2n) is 8.86. The number of carbonyl (C=O) groups is 1. The molecule has 5 nitrogen and oxygen atoms in total. The number of ether oxygens (including phenoxy) is 1. The normalized spacial score (nSPS) is 17.7. The first-order valence-electron chi connectivity index (χ1n) is 11.4. The number of hydrogen-bond donors (Lipinski definition) is 1. The number of hydrogen-bond acceptors (Lipinski definition) is 3. The van der Waals surface area contributed by atoms with Gasteiger partial charge in [0.1, 0.15) is 11.6 Å². The molecule has 2 atom stereocenters. The van der Waals surface area contributed by atoms with Crippen LogP contribution in [0, 0.1) is 17.6 Å². The van der Waals surface area contributed by atoms with Crippen LogP contribution in [-0.4, -0.2) is 32.6 Å². The van der Waals surface area contributed by atoms with Gasteiger partial charge in [0.05, 0.1) is 28.8 Å². The van der Waals surface area contributed by atoms with Crippen molar-refractivity contribution < 1.29 is 23.4 Å². The molecule has 8 heteroatoms. The highest BCUT2D eigenvalue weighted by molar-refractivity contribution is 6.20. The number of carboxylic acid groups (broad SMARTS) is 1. The Balaban J connectivity index is 1.55. The molecule has 1 N–H and O–H groups in total. The number of carboxylic acids is 1. The van der Waals surface area contributed by atoms with E-state index in [1.807, 2.05) is 24.3 Å². The zero-order chi connectivity index (χ0) is 24.5. The Bertz CT molecular complexity index is 1390. The van der Waals surface area contributed by atoms with Crippen LogP contribution in [0.15, 0.2) is 60.7 Å². The summed E-state index contributed by atoms with van der Waals surface area (Å²) in [7, 11) is 0. The maximum Gasteiger partial charge on any atom is 0.335 e. The maximum atomic E-state index is 14.2. The zero-order valence-electron chi connectivity index (χ0n) is 18.8. The molecule has 0 saturated heterocycles. The van der Waals surface area contributed by atoms with E-state index in [9.17, 15) is 18.7 Å². The summed E-state index contributed by atoms with van der Waals surface area (Å²) in [5.41, 5.74) is 2.40. The van der Waals surface area contributed by atoms with E-state index in [0.717, 1.165) is 37.0 Å². The highest BCUT2D eigenvalue weighted by Gasteiger charge is 2.24. The lowest BCUT2D eigenvalue weighted by Crippen LogP contribution is -2.10. The van der Waals surface area contributed by atoms with Crippen molar-refractivity contribution in [3.05, 3.63) is 83.4 Å². The molecule has 35 heavy (non-hydrogen) atoms. The van der Waals surface area contributed by atoms with E-state index in [4.69, 9.17) is 16.3 Å². The number of aromatic carboxylic acids is 1. The van der Waals surface area contributed by atoms with E-state index in [-0.39, 0.29) is 17.5 Å². The van der Waals surface area contributed by atoms with Gasteiger partial charge in [-0.3, -0.25) is 0 Å². The lowest BCUT2D eigenvalue weighted by molar-refractivity contribution is 0.0697. The molecule has 0 radical (unpaired) electrons. The first-order chi connectivity index (χ1) is 16.9. The third-order valence-electron chi connectivity index (χ3n) is 6.41. The molecule has 1 heterocycles. The number of alkyl halides is 1. The van der Waals surface area contributed by atoms with Gasteiger partial charge in [0.25, 0.3) is 0 Å². The van der Waals surface area contributed by atoms with Crippen molar-refractivity contribution in [1.29, 1.82) is 0 Å². The number of fused-ring (bicyclic) bond motifs is 1. The largest absolute Gasteiger partial charge is 0.493 e. The summed E-state index contributed by atoms with van der Waals surface area (Å²) >= 11 is 6.25. The number of rotatable bonds is 7. The summed E-state index contributed by atoms with van der Waals surface area (Å²) in [5.74, 6) is -1.44. The molecular weight excluding hydrogens is 474 g/mol. The molecule has 1 aromatic heterocycles. The fourth-order valence-corrected chi connectivity index (χ4v) is 4.95. The van der Waals surface area contributed by atoms with Crippen LogP contribution in [0.25, 0.3) is 22.4 Å². The van der Waals surface area contributed by atoms with Crippen LogP contribution in [0.4, 0.5) is 8.78 Å². The van der Waals surface area contributed by atoms with Crippen molar-refractivity contribution >= 4 is 28.6 Å². The van der Waals surface area contributed by atoms with Crippen LogP contribution in [0.2, 0.25) is 0 Å². The fourth-order valence-electron chi connectivity index (χ4n) is 4.57. The fraction of sp³-hybridized carbons (Fsp3) is 0.259. The van der Waals surface area contributed by atoms with Crippen LogP contribution >= 0.6 is 11.6 Å². The Labute approximate surface area is 205 Å². The molecule has 4 aromatic rings. The smallest absolute Gasteiger partial charge is 0.335 e. The maximum absolute atomic E-state index is 14.2. The lowest BCUT2D eigenvalue weighted by Gasteiger charge is -2.16. The summed E-state index contributed by atoms with van der Waals surface area (Å²) in [5, 5.41) is 9.36. The molecule has 0 amide bonds. The molecule has 0 spiro atoms. The van der Waals surface area contributed by atoms with Gasteiger partial charge in [-0.05, 0) is 55.0 Å². The third kappa shape index (κ3) is 4.86. The van der Waals surface area contributed by atoms with Gasteiger partial charge in [0.15, 0.2) is 11.6 Å². The second-order valence-corrected chi connectivity index (χ2v) is 9.48. The topological polar surface area (TPSA) is 64.3 Å². The van der Waals surface area contributed by atoms with Gasteiger partial charge in [-0.1, -0.05) is 24.3 Å². The van der Waals surface area contributed by atoms with E-state index in [2.05, 4.69) is 4.98 Å². The SMILES string of the molecule is O=C(O)c1ccc(Cn2c(-c3ccccc3OCC3CCC(Cl)C3)nc3cc(F)c(F)cc32)cc1. The van der Waals surface area contributed by atoms with Gasteiger partial charge in [-0.2, -0.15) is 0 Å². The van der Waals surface area contributed by atoms with Crippen LogP contribution in [0.5, 0.6) is 5.75 Å². The molecule has 0 bridgehead atoms. The first kappa shape index (κ1) is 23.3. The van der Waals surface area contributed by atoms with Gasteiger partial charge < -0.3 is 14.4 Å². The lowest BCUT2D eigenvalue weighted by atomic mass is 10.1. The Hall–Kier alpha value is -3.45. The first-order valence-corrected chi connectivity index (χ1v) is 11.9. The molecule has 1 aliphatic rings. The molecule has 3 aromatic carbocycles. The van der Waals surface area contributed by atoms with Gasteiger partial charge in [0, 0.05) is 24.1 Å². The van der Waals surface area contributed by atoms with Crippen LogP contribution < -0.4 is 4.74 Å². The molecule has 1 fully saturated rings. The minimum absolute atomic E-state index is 0.169. The Morgan fingerprint density at radius 1 is 1.09 bits per heavy atom. The van der Waals surface area contributed by atoms with Crippen molar-refractivity contribution in [2.24, 2.45) is 5.92 Å². The average molecular weight is 497 g/mol. The summed E-state index contributed by atoms with van der Waals surface area (Å²) in [6.07, 6.45) is 2.90. The monoisotopic (exact) mass is 496 g/mol.